The smallest absolute Gasteiger partial charge is 0.184 e. The molecule has 5 N–H and O–H groups in total. The zero-order valence-corrected chi connectivity index (χ0v) is 8.96. The van der Waals surface area contributed by atoms with Gasteiger partial charge in [0.2, 0.25) is 0 Å². The molecule has 17 heavy (non-hydrogen) atoms. The molecule has 1 aromatic heterocycles. The molecular formula is C10H16O7. The van der Waals surface area contributed by atoms with Crippen LogP contribution in [-0.2, 0) is 4.74 Å². The Hall–Kier alpha value is -0.960. The maximum atomic E-state index is 9.12. The van der Waals surface area contributed by atoms with E-state index < -0.39 is 37.3 Å². The van der Waals surface area contributed by atoms with Gasteiger partial charge in [0.15, 0.2) is 6.29 Å². The number of aliphatic hydroxyl groups excluding tert-OH is 5. The normalized spacial score (nSPS) is 37.1. The first-order chi connectivity index (χ1) is 8.07. The Balaban J connectivity index is 0.000000239. The zero-order valence-electron chi connectivity index (χ0n) is 8.96. The van der Waals surface area contributed by atoms with E-state index in [1.165, 1.54) is 0 Å². The Bertz CT molecular complexity index is 267. The summed E-state index contributed by atoms with van der Waals surface area (Å²) >= 11 is 0. The first kappa shape index (κ1) is 14.1. The van der Waals surface area contributed by atoms with Crippen LogP contribution in [0, 0.1) is 0 Å². The maximum absolute atomic E-state index is 9.12. The van der Waals surface area contributed by atoms with Crippen LogP contribution < -0.4 is 0 Å². The maximum Gasteiger partial charge on any atom is 0.184 e. The van der Waals surface area contributed by atoms with Crippen LogP contribution >= 0.6 is 0 Å². The quantitative estimate of drug-likeness (QED) is 0.391. The lowest BCUT2D eigenvalue weighted by atomic mass is 10.00. The fraction of sp³-hybridized carbons (Fsp3) is 0.600. The van der Waals surface area contributed by atoms with Crippen molar-refractivity contribution in [2.75, 3.05) is 6.61 Å². The fourth-order valence-electron chi connectivity index (χ4n) is 1.31. The van der Waals surface area contributed by atoms with Crippen molar-refractivity contribution in [1.82, 2.24) is 0 Å². The van der Waals surface area contributed by atoms with Gasteiger partial charge < -0.3 is 34.7 Å². The first-order valence-corrected chi connectivity index (χ1v) is 5.03. The number of hydrogen-bond acceptors (Lipinski definition) is 7. The topological polar surface area (TPSA) is 124 Å². The number of furan rings is 1. The Morgan fingerprint density at radius 1 is 0.882 bits per heavy atom. The standard InChI is InChI=1S/C6H12O6.C4H4O/c7-1-2-3(8)4(9)5(10)6(11)12-2;1-2-4-5-3-1/h2-11H,1H2;1-4H/t2-,3-,4+,5-,6?;/m1./s1. The van der Waals surface area contributed by atoms with Crippen LogP contribution in [0.1, 0.15) is 0 Å². The van der Waals surface area contributed by atoms with E-state index in [0.717, 1.165) is 0 Å². The number of hydrogen-bond donors (Lipinski definition) is 5. The molecule has 0 aliphatic carbocycles. The van der Waals surface area contributed by atoms with E-state index in [1.54, 1.807) is 12.5 Å². The predicted octanol–water partition coefficient (Wildman–Crippen LogP) is -1.94. The molecule has 2 rings (SSSR count). The zero-order chi connectivity index (χ0) is 12.8. The third-order valence-corrected chi connectivity index (χ3v) is 2.29. The minimum absolute atomic E-state index is 0.526. The highest BCUT2D eigenvalue weighted by Gasteiger charge is 2.42. The lowest BCUT2D eigenvalue weighted by Gasteiger charge is -2.37. The molecule has 0 aromatic carbocycles. The highest BCUT2D eigenvalue weighted by Crippen LogP contribution is 2.18. The van der Waals surface area contributed by atoms with E-state index in [-0.39, 0.29) is 0 Å². The van der Waals surface area contributed by atoms with Crippen molar-refractivity contribution in [1.29, 1.82) is 0 Å². The van der Waals surface area contributed by atoms with Crippen LogP contribution in [0.25, 0.3) is 0 Å². The van der Waals surface area contributed by atoms with Gasteiger partial charge in [-0.15, -0.1) is 0 Å². The van der Waals surface area contributed by atoms with Crippen LogP contribution in [0.5, 0.6) is 0 Å². The van der Waals surface area contributed by atoms with Crippen LogP contribution in [0.4, 0.5) is 0 Å². The summed E-state index contributed by atoms with van der Waals surface area (Å²) in [5.74, 6) is 0. The Morgan fingerprint density at radius 3 is 1.88 bits per heavy atom. The Labute approximate surface area is 97.5 Å². The molecule has 1 aliphatic rings. The van der Waals surface area contributed by atoms with Crippen LogP contribution in [0.15, 0.2) is 29.1 Å². The molecule has 1 saturated heterocycles. The lowest BCUT2D eigenvalue weighted by molar-refractivity contribution is -0.286. The summed E-state index contributed by atoms with van der Waals surface area (Å²) in [6.45, 7) is -0.526. The molecule has 0 radical (unpaired) electrons. The van der Waals surface area contributed by atoms with Crippen molar-refractivity contribution >= 4 is 0 Å². The summed E-state index contributed by atoms with van der Waals surface area (Å²) in [5, 5.41) is 44.7. The summed E-state index contributed by atoms with van der Waals surface area (Å²) in [7, 11) is 0. The highest BCUT2D eigenvalue weighted by atomic mass is 16.6. The highest BCUT2D eigenvalue weighted by molar-refractivity contribution is 4.87. The van der Waals surface area contributed by atoms with Gasteiger partial charge in [0, 0.05) is 0 Å². The predicted molar refractivity (Wildman–Crippen MR) is 54.7 cm³/mol. The minimum atomic E-state index is -1.57. The monoisotopic (exact) mass is 248 g/mol. The third-order valence-electron chi connectivity index (χ3n) is 2.29. The average molecular weight is 248 g/mol. The molecule has 1 unspecified atom stereocenters. The SMILES string of the molecule is OC[C@H]1OC(O)[C@H](O)[C@@H](O)[C@@H]1O.c1ccoc1. The minimum Gasteiger partial charge on any atom is -0.473 e. The molecule has 2 heterocycles. The van der Waals surface area contributed by atoms with Gasteiger partial charge in [0.25, 0.3) is 0 Å². The van der Waals surface area contributed by atoms with Gasteiger partial charge in [-0.1, -0.05) is 0 Å². The number of rotatable bonds is 1. The molecule has 7 heteroatoms. The number of aliphatic hydroxyl groups is 5. The summed E-state index contributed by atoms with van der Waals surface area (Å²) < 4.78 is 9.16. The van der Waals surface area contributed by atoms with E-state index in [0.29, 0.717) is 0 Å². The molecule has 1 aromatic rings. The van der Waals surface area contributed by atoms with Crippen molar-refractivity contribution in [3.63, 3.8) is 0 Å². The van der Waals surface area contributed by atoms with E-state index in [1.807, 2.05) is 12.1 Å². The lowest BCUT2D eigenvalue weighted by Crippen LogP contribution is -2.58. The molecule has 5 atom stereocenters. The average Bonchev–Trinajstić information content (AvgIpc) is 2.90. The fourth-order valence-corrected chi connectivity index (χ4v) is 1.31. The third kappa shape index (κ3) is 3.77. The van der Waals surface area contributed by atoms with Gasteiger partial charge in [0.1, 0.15) is 24.4 Å². The van der Waals surface area contributed by atoms with Crippen molar-refractivity contribution in [3.8, 4) is 0 Å². The Morgan fingerprint density at radius 2 is 1.47 bits per heavy atom. The molecule has 98 valence electrons. The van der Waals surface area contributed by atoms with Crippen LogP contribution in [0.3, 0.4) is 0 Å². The summed E-state index contributed by atoms with van der Waals surface area (Å²) in [6.07, 6.45) is -3.79. The molecule has 0 saturated carbocycles. The van der Waals surface area contributed by atoms with E-state index in [2.05, 4.69) is 9.15 Å². The van der Waals surface area contributed by atoms with E-state index >= 15 is 0 Å². The Kier molecular flexibility index (Phi) is 5.56. The molecule has 0 spiro atoms. The van der Waals surface area contributed by atoms with E-state index in [9.17, 15) is 0 Å². The molecule has 7 nitrogen and oxygen atoms in total. The van der Waals surface area contributed by atoms with E-state index in [4.69, 9.17) is 25.5 Å². The molecule has 1 fully saturated rings. The van der Waals surface area contributed by atoms with Gasteiger partial charge in [0.05, 0.1) is 19.1 Å². The van der Waals surface area contributed by atoms with Gasteiger partial charge in [-0.25, -0.2) is 0 Å². The molecule has 0 bridgehead atoms. The summed E-state index contributed by atoms with van der Waals surface area (Å²) in [4.78, 5) is 0. The largest absolute Gasteiger partial charge is 0.473 e. The second kappa shape index (κ2) is 6.70. The number of ether oxygens (including phenoxy) is 1. The summed E-state index contributed by atoms with van der Waals surface area (Å²) in [5.41, 5.74) is 0. The molecule has 0 amide bonds. The first-order valence-electron chi connectivity index (χ1n) is 5.03. The van der Waals surface area contributed by atoms with Gasteiger partial charge >= 0.3 is 0 Å². The summed E-state index contributed by atoms with van der Waals surface area (Å²) in [6, 6.07) is 3.67. The van der Waals surface area contributed by atoms with Crippen LogP contribution in [0.2, 0.25) is 0 Å². The molecule has 1 aliphatic heterocycles. The van der Waals surface area contributed by atoms with Crippen molar-refractivity contribution in [2.45, 2.75) is 30.7 Å². The molecular weight excluding hydrogens is 232 g/mol. The van der Waals surface area contributed by atoms with Gasteiger partial charge in [-0.2, -0.15) is 0 Å². The second-order valence-electron chi connectivity index (χ2n) is 3.51. The second-order valence-corrected chi connectivity index (χ2v) is 3.51. The van der Waals surface area contributed by atoms with Crippen LogP contribution in [-0.4, -0.2) is 62.8 Å². The van der Waals surface area contributed by atoms with Gasteiger partial charge in [-0.3, -0.25) is 0 Å². The van der Waals surface area contributed by atoms with Crippen molar-refractivity contribution < 1.29 is 34.7 Å². The van der Waals surface area contributed by atoms with Crippen molar-refractivity contribution in [2.24, 2.45) is 0 Å². The van der Waals surface area contributed by atoms with Gasteiger partial charge in [-0.05, 0) is 12.1 Å². The van der Waals surface area contributed by atoms with Crippen molar-refractivity contribution in [3.05, 3.63) is 24.7 Å².